The number of rotatable bonds is 5. The molecule has 0 heterocycles. The Morgan fingerprint density at radius 3 is 1.84 bits per heavy atom. The van der Waals surface area contributed by atoms with Crippen LogP contribution in [0.1, 0.15) is 30.5 Å². The molecule has 0 saturated carbocycles. The van der Waals surface area contributed by atoms with Gasteiger partial charge >= 0.3 is 0 Å². The van der Waals surface area contributed by atoms with E-state index in [4.69, 9.17) is 4.99 Å². The van der Waals surface area contributed by atoms with E-state index in [9.17, 15) is 0 Å². The lowest BCUT2D eigenvalue weighted by Gasteiger charge is -2.11. The summed E-state index contributed by atoms with van der Waals surface area (Å²) in [6.45, 7) is 4.33. The van der Waals surface area contributed by atoms with Crippen molar-refractivity contribution in [1.82, 2.24) is 0 Å². The van der Waals surface area contributed by atoms with Crippen molar-refractivity contribution in [2.24, 2.45) is 4.99 Å². The monoisotopic (exact) mass is 328 g/mol. The first-order chi connectivity index (χ1) is 12.3. The minimum atomic E-state index is 0.856. The molecule has 1 N–H and O–H groups in total. The van der Waals surface area contributed by atoms with Crippen molar-refractivity contribution in [3.8, 4) is 0 Å². The van der Waals surface area contributed by atoms with Crippen molar-refractivity contribution in [3.63, 3.8) is 0 Å². The normalized spacial score (nSPS) is 11.4. The Labute approximate surface area is 150 Å². The molecule has 0 radical (unpaired) electrons. The number of nitrogens with zero attached hydrogens (tertiary/aromatic N) is 1. The molecule has 0 aliphatic rings. The average Bonchev–Trinajstić information content (AvgIpc) is 2.69. The third-order valence-electron chi connectivity index (χ3n) is 4.26. The minimum absolute atomic E-state index is 0.856. The van der Waals surface area contributed by atoms with Gasteiger partial charge in [0, 0.05) is 11.3 Å². The summed E-state index contributed by atoms with van der Waals surface area (Å²) >= 11 is 0. The van der Waals surface area contributed by atoms with Gasteiger partial charge in [0.05, 0.1) is 5.69 Å². The lowest BCUT2D eigenvalue weighted by atomic mass is 10.1. The average molecular weight is 328 g/mol. The van der Waals surface area contributed by atoms with Gasteiger partial charge in [-0.3, -0.25) is 0 Å². The van der Waals surface area contributed by atoms with E-state index in [-0.39, 0.29) is 0 Å². The quantitative estimate of drug-likeness (QED) is 0.451. The van der Waals surface area contributed by atoms with Gasteiger partial charge in [0.2, 0.25) is 0 Å². The summed E-state index contributed by atoms with van der Waals surface area (Å²) < 4.78 is 0. The third kappa shape index (κ3) is 4.57. The zero-order chi connectivity index (χ0) is 17.5. The van der Waals surface area contributed by atoms with Crippen LogP contribution in [0.15, 0.2) is 83.9 Å². The molecule has 0 amide bonds. The molecule has 0 atom stereocenters. The molecule has 3 rings (SSSR count). The first kappa shape index (κ1) is 17.0. The van der Waals surface area contributed by atoms with E-state index in [0.29, 0.717) is 0 Å². The molecule has 3 aromatic carbocycles. The summed E-state index contributed by atoms with van der Waals surface area (Å²) in [6.07, 6.45) is 2.08. The summed E-state index contributed by atoms with van der Waals surface area (Å²) in [6, 6.07) is 27.2. The highest BCUT2D eigenvalue weighted by Gasteiger charge is 2.05. The van der Waals surface area contributed by atoms with Crippen LogP contribution in [0.3, 0.4) is 0 Å². The molecular weight excluding hydrogens is 304 g/mol. The second-order valence-corrected chi connectivity index (χ2v) is 6.02. The SMILES string of the molecule is CCc1ccc(N=C(Nc2ccc(CC)cc2)c2ccccc2)cc1. The zero-order valence-corrected chi connectivity index (χ0v) is 14.9. The van der Waals surface area contributed by atoms with E-state index in [1.165, 1.54) is 11.1 Å². The van der Waals surface area contributed by atoms with Gasteiger partial charge in [-0.05, 0) is 48.2 Å². The fraction of sp³-hybridized carbons (Fsp3) is 0.174. The number of benzene rings is 3. The predicted molar refractivity (Wildman–Crippen MR) is 108 cm³/mol. The highest BCUT2D eigenvalue weighted by atomic mass is 15.0. The van der Waals surface area contributed by atoms with Crippen molar-refractivity contribution < 1.29 is 0 Å². The van der Waals surface area contributed by atoms with Crippen LogP contribution in [0.25, 0.3) is 0 Å². The Kier molecular flexibility index (Phi) is 5.63. The smallest absolute Gasteiger partial charge is 0.138 e. The van der Waals surface area contributed by atoms with E-state index in [0.717, 1.165) is 35.6 Å². The third-order valence-corrected chi connectivity index (χ3v) is 4.26. The van der Waals surface area contributed by atoms with Crippen molar-refractivity contribution in [3.05, 3.63) is 95.6 Å². The summed E-state index contributed by atoms with van der Waals surface area (Å²) in [7, 11) is 0. The maximum atomic E-state index is 4.85. The van der Waals surface area contributed by atoms with Crippen LogP contribution in [-0.4, -0.2) is 5.84 Å². The lowest BCUT2D eigenvalue weighted by molar-refractivity contribution is 1.14. The molecule has 0 aliphatic heterocycles. The second kappa shape index (κ2) is 8.29. The molecule has 0 aromatic heterocycles. The fourth-order valence-electron chi connectivity index (χ4n) is 2.66. The largest absolute Gasteiger partial charge is 0.340 e. The molecule has 25 heavy (non-hydrogen) atoms. The number of aryl methyl sites for hydroxylation is 2. The minimum Gasteiger partial charge on any atom is -0.340 e. The van der Waals surface area contributed by atoms with Crippen LogP contribution >= 0.6 is 0 Å². The molecule has 0 unspecified atom stereocenters. The molecule has 0 spiro atoms. The topological polar surface area (TPSA) is 24.4 Å². The summed E-state index contributed by atoms with van der Waals surface area (Å²) in [5, 5.41) is 3.47. The molecular formula is C23H24N2. The van der Waals surface area contributed by atoms with Gasteiger partial charge in [0.1, 0.15) is 5.84 Å². The first-order valence-corrected chi connectivity index (χ1v) is 8.87. The Morgan fingerprint density at radius 2 is 1.28 bits per heavy atom. The van der Waals surface area contributed by atoms with Gasteiger partial charge in [-0.2, -0.15) is 0 Å². The molecule has 2 nitrogen and oxygen atoms in total. The number of amidine groups is 1. The van der Waals surface area contributed by atoms with Crippen LogP contribution in [0, 0.1) is 0 Å². The van der Waals surface area contributed by atoms with Gasteiger partial charge in [0.25, 0.3) is 0 Å². The summed E-state index contributed by atoms with van der Waals surface area (Å²) in [4.78, 5) is 4.85. The van der Waals surface area contributed by atoms with Crippen molar-refractivity contribution in [2.75, 3.05) is 5.32 Å². The van der Waals surface area contributed by atoms with Crippen LogP contribution in [0.5, 0.6) is 0 Å². The fourth-order valence-corrected chi connectivity index (χ4v) is 2.66. The van der Waals surface area contributed by atoms with Crippen LogP contribution in [0.4, 0.5) is 11.4 Å². The molecule has 126 valence electrons. The van der Waals surface area contributed by atoms with Gasteiger partial charge in [-0.25, -0.2) is 4.99 Å². The molecule has 0 saturated heterocycles. The highest BCUT2D eigenvalue weighted by molar-refractivity contribution is 6.09. The number of aliphatic imine (C=N–C) groups is 1. The van der Waals surface area contributed by atoms with Crippen LogP contribution in [-0.2, 0) is 12.8 Å². The molecule has 0 bridgehead atoms. The maximum Gasteiger partial charge on any atom is 0.138 e. The number of nitrogens with one attached hydrogen (secondary N) is 1. The Hall–Kier alpha value is -2.87. The lowest BCUT2D eigenvalue weighted by Crippen LogP contribution is -2.13. The van der Waals surface area contributed by atoms with Crippen molar-refractivity contribution in [2.45, 2.75) is 26.7 Å². The number of hydrogen-bond acceptors (Lipinski definition) is 1. The van der Waals surface area contributed by atoms with Crippen LogP contribution in [0.2, 0.25) is 0 Å². The molecule has 0 aliphatic carbocycles. The molecule has 3 aromatic rings. The standard InChI is InChI=1S/C23H24N2/c1-3-18-10-14-21(15-11-18)24-23(20-8-6-5-7-9-20)25-22-16-12-19(4-2)13-17-22/h5-17H,3-4H2,1-2H3,(H,24,25). The molecule has 0 fully saturated rings. The Bertz CT molecular complexity index is 816. The Balaban J connectivity index is 1.92. The van der Waals surface area contributed by atoms with E-state index in [2.05, 4.69) is 79.8 Å². The Morgan fingerprint density at radius 1 is 0.720 bits per heavy atom. The van der Waals surface area contributed by atoms with Crippen molar-refractivity contribution >= 4 is 17.2 Å². The highest BCUT2D eigenvalue weighted by Crippen LogP contribution is 2.18. The van der Waals surface area contributed by atoms with E-state index < -0.39 is 0 Å². The van der Waals surface area contributed by atoms with Crippen molar-refractivity contribution in [1.29, 1.82) is 0 Å². The number of anilines is 1. The number of hydrogen-bond donors (Lipinski definition) is 1. The second-order valence-electron chi connectivity index (χ2n) is 6.02. The van der Waals surface area contributed by atoms with E-state index in [1.807, 2.05) is 18.2 Å². The van der Waals surface area contributed by atoms with Gasteiger partial charge < -0.3 is 5.32 Å². The van der Waals surface area contributed by atoms with E-state index >= 15 is 0 Å². The summed E-state index contributed by atoms with van der Waals surface area (Å²) in [5.74, 6) is 0.856. The molecule has 2 heteroatoms. The maximum absolute atomic E-state index is 4.85. The predicted octanol–water partition coefficient (Wildman–Crippen LogP) is 6.00. The van der Waals surface area contributed by atoms with Crippen LogP contribution < -0.4 is 5.32 Å². The first-order valence-electron chi connectivity index (χ1n) is 8.87. The van der Waals surface area contributed by atoms with Gasteiger partial charge in [-0.1, -0.05) is 68.4 Å². The van der Waals surface area contributed by atoms with Gasteiger partial charge in [0.15, 0.2) is 0 Å². The van der Waals surface area contributed by atoms with E-state index in [1.54, 1.807) is 0 Å². The summed E-state index contributed by atoms with van der Waals surface area (Å²) in [5.41, 5.74) is 5.72. The zero-order valence-electron chi connectivity index (χ0n) is 14.9. The van der Waals surface area contributed by atoms with Gasteiger partial charge in [-0.15, -0.1) is 0 Å².